The molecule has 0 saturated carbocycles. The first-order valence-corrected chi connectivity index (χ1v) is 6.44. The molecule has 0 aliphatic carbocycles. The van der Waals surface area contributed by atoms with Crippen LogP contribution in [0.3, 0.4) is 0 Å². The highest BCUT2D eigenvalue weighted by atomic mass is 16.5. The Balaban J connectivity index is 3.15. The average Bonchev–Trinajstić information content (AvgIpc) is 2.45. The van der Waals surface area contributed by atoms with Crippen molar-refractivity contribution < 1.29 is 24.2 Å². The standard InChI is InChI=1S/C15H18N2O5/c1-4-5-12-6-11(8-16-17-10(2)18)7-13(21-3)15(12)22-9-14(19)20/h4,6-8H,1,5,9H2,2-3H3,(H,17,18)(H,19,20)/b16-8-. The van der Waals surface area contributed by atoms with Gasteiger partial charge in [-0.1, -0.05) is 6.08 Å². The summed E-state index contributed by atoms with van der Waals surface area (Å²) in [5, 5.41) is 12.5. The van der Waals surface area contributed by atoms with E-state index in [0.29, 0.717) is 29.0 Å². The minimum absolute atomic E-state index is 0.282. The molecule has 0 radical (unpaired) electrons. The fraction of sp³-hybridized carbons (Fsp3) is 0.267. The molecule has 0 spiro atoms. The molecule has 0 bridgehead atoms. The minimum Gasteiger partial charge on any atom is -0.493 e. The molecule has 0 unspecified atom stereocenters. The van der Waals surface area contributed by atoms with Gasteiger partial charge in [0, 0.05) is 12.5 Å². The van der Waals surface area contributed by atoms with E-state index in [1.54, 1.807) is 18.2 Å². The Bertz CT molecular complexity index is 596. The second-order valence-corrected chi connectivity index (χ2v) is 4.31. The van der Waals surface area contributed by atoms with E-state index in [2.05, 4.69) is 17.1 Å². The van der Waals surface area contributed by atoms with Gasteiger partial charge in [-0.25, -0.2) is 10.2 Å². The number of carbonyl (C=O) groups excluding carboxylic acids is 1. The molecule has 0 aliphatic rings. The van der Waals surface area contributed by atoms with Crippen LogP contribution < -0.4 is 14.9 Å². The van der Waals surface area contributed by atoms with E-state index in [9.17, 15) is 9.59 Å². The Hall–Kier alpha value is -2.83. The Kier molecular flexibility index (Phi) is 6.62. The molecule has 1 aromatic rings. The van der Waals surface area contributed by atoms with Gasteiger partial charge in [0.15, 0.2) is 18.1 Å². The van der Waals surface area contributed by atoms with Crippen molar-refractivity contribution in [3.05, 3.63) is 35.9 Å². The van der Waals surface area contributed by atoms with Gasteiger partial charge >= 0.3 is 5.97 Å². The van der Waals surface area contributed by atoms with Crippen LogP contribution >= 0.6 is 0 Å². The average molecular weight is 306 g/mol. The fourth-order valence-electron chi connectivity index (χ4n) is 1.71. The minimum atomic E-state index is -1.08. The van der Waals surface area contributed by atoms with Crippen LogP contribution in [0, 0.1) is 0 Å². The number of carbonyl (C=O) groups is 2. The van der Waals surface area contributed by atoms with Gasteiger partial charge in [0.1, 0.15) is 0 Å². The number of amides is 1. The highest BCUT2D eigenvalue weighted by Gasteiger charge is 2.13. The number of methoxy groups -OCH3 is 1. The van der Waals surface area contributed by atoms with Gasteiger partial charge in [-0.05, 0) is 24.1 Å². The third-order valence-electron chi connectivity index (χ3n) is 2.51. The van der Waals surface area contributed by atoms with Gasteiger partial charge in [-0.3, -0.25) is 4.79 Å². The van der Waals surface area contributed by atoms with Crippen molar-refractivity contribution in [2.24, 2.45) is 5.10 Å². The van der Waals surface area contributed by atoms with Crippen molar-refractivity contribution in [2.45, 2.75) is 13.3 Å². The third kappa shape index (κ3) is 5.28. The molecule has 0 fully saturated rings. The maximum absolute atomic E-state index is 10.8. The number of aliphatic carboxylic acids is 1. The fourth-order valence-corrected chi connectivity index (χ4v) is 1.71. The number of nitrogens with zero attached hydrogens (tertiary/aromatic N) is 1. The lowest BCUT2D eigenvalue weighted by Gasteiger charge is -2.14. The Morgan fingerprint density at radius 3 is 2.73 bits per heavy atom. The van der Waals surface area contributed by atoms with Crippen LogP contribution in [0.4, 0.5) is 0 Å². The van der Waals surface area contributed by atoms with Crippen LogP contribution in [-0.4, -0.2) is 36.9 Å². The summed E-state index contributed by atoms with van der Waals surface area (Å²) < 4.78 is 10.5. The smallest absolute Gasteiger partial charge is 0.341 e. The van der Waals surface area contributed by atoms with Gasteiger partial charge in [-0.15, -0.1) is 6.58 Å². The Morgan fingerprint density at radius 2 is 2.18 bits per heavy atom. The molecule has 0 saturated heterocycles. The van der Waals surface area contributed by atoms with E-state index in [1.165, 1.54) is 20.2 Å². The predicted molar refractivity (Wildman–Crippen MR) is 81.4 cm³/mol. The number of hydrazone groups is 1. The maximum Gasteiger partial charge on any atom is 0.341 e. The lowest BCUT2D eigenvalue weighted by molar-refractivity contribution is -0.139. The van der Waals surface area contributed by atoms with Crippen LogP contribution in [0.2, 0.25) is 0 Å². The summed E-state index contributed by atoms with van der Waals surface area (Å²) in [6, 6.07) is 3.39. The van der Waals surface area contributed by atoms with E-state index in [4.69, 9.17) is 14.6 Å². The molecular weight excluding hydrogens is 288 g/mol. The van der Waals surface area contributed by atoms with E-state index in [-0.39, 0.29) is 5.91 Å². The molecule has 1 aromatic carbocycles. The van der Waals surface area contributed by atoms with Crippen molar-refractivity contribution in [3.63, 3.8) is 0 Å². The lowest BCUT2D eigenvalue weighted by Crippen LogP contribution is -2.13. The summed E-state index contributed by atoms with van der Waals surface area (Å²) >= 11 is 0. The summed E-state index contributed by atoms with van der Waals surface area (Å²) in [4.78, 5) is 21.5. The molecule has 0 aliphatic heterocycles. The zero-order chi connectivity index (χ0) is 16.5. The number of carboxylic acids is 1. The number of hydrogen-bond donors (Lipinski definition) is 2. The normalized spacial score (nSPS) is 10.3. The third-order valence-corrected chi connectivity index (χ3v) is 2.51. The first-order chi connectivity index (χ1) is 10.5. The molecule has 2 N–H and O–H groups in total. The highest BCUT2D eigenvalue weighted by Crippen LogP contribution is 2.33. The molecular formula is C15H18N2O5. The second-order valence-electron chi connectivity index (χ2n) is 4.31. The van der Waals surface area contributed by atoms with Crippen LogP contribution in [0.1, 0.15) is 18.1 Å². The quantitative estimate of drug-likeness (QED) is 0.429. The van der Waals surface area contributed by atoms with Crippen molar-refractivity contribution in [3.8, 4) is 11.5 Å². The van der Waals surface area contributed by atoms with Crippen LogP contribution in [0.25, 0.3) is 0 Å². The van der Waals surface area contributed by atoms with Crippen molar-refractivity contribution in [1.82, 2.24) is 5.43 Å². The first kappa shape index (κ1) is 17.2. The number of carboxylic acid groups (broad SMARTS) is 1. The number of allylic oxidation sites excluding steroid dienone is 1. The van der Waals surface area contributed by atoms with Gasteiger partial charge in [0.05, 0.1) is 13.3 Å². The van der Waals surface area contributed by atoms with Gasteiger partial charge in [-0.2, -0.15) is 5.10 Å². The summed E-state index contributed by atoms with van der Waals surface area (Å²) in [7, 11) is 1.45. The summed E-state index contributed by atoms with van der Waals surface area (Å²) in [5.41, 5.74) is 3.68. The van der Waals surface area contributed by atoms with Crippen LogP contribution in [0.5, 0.6) is 11.5 Å². The number of benzene rings is 1. The van der Waals surface area contributed by atoms with E-state index in [1.807, 2.05) is 0 Å². The summed E-state index contributed by atoms with van der Waals surface area (Å²) in [6.07, 6.45) is 3.59. The summed E-state index contributed by atoms with van der Waals surface area (Å²) in [5.74, 6) is -0.634. The number of rotatable bonds is 8. The number of ether oxygens (including phenoxy) is 2. The molecule has 118 valence electrons. The van der Waals surface area contributed by atoms with E-state index in [0.717, 1.165) is 0 Å². The SMILES string of the molecule is C=CCc1cc(/C=N\NC(C)=O)cc(OC)c1OCC(=O)O. The van der Waals surface area contributed by atoms with E-state index < -0.39 is 12.6 Å². The van der Waals surface area contributed by atoms with Crippen molar-refractivity contribution >= 4 is 18.1 Å². The van der Waals surface area contributed by atoms with Gasteiger partial charge in [0.2, 0.25) is 5.91 Å². The van der Waals surface area contributed by atoms with Gasteiger partial charge < -0.3 is 14.6 Å². The van der Waals surface area contributed by atoms with Crippen LogP contribution in [-0.2, 0) is 16.0 Å². The van der Waals surface area contributed by atoms with E-state index >= 15 is 0 Å². The molecule has 22 heavy (non-hydrogen) atoms. The summed E-state index contributed by atoms with van der Waals surface area (Å²) in [6.45, 7) is 4.54. The van der Waals surface area contributed by atoms with Crippen molar-refractivity contribution in [1.29, 1.82) is 0 Å². The zero-order valence-electron chi connectivity index (χ0n) is 12.5. The van der Waals surface area contributed by atoms with Crippen molar-refractivity contribution in [2.75, 3.05) is 13.7 Å². The molecule has 0 aromatic heterocycles. The molecule has 7 heteroatoms. The molecule has 0 heterocycles. The lowest BCUT2D eigenvalue weighted by atomic mass is 10.1. The second kappa shape index (κ2) is 8.46. The Labute approximate surface area is 128 Å². The largest absolute Gasteiger partial charge is 0.493 e. The topological polar surface area (TPSA) is 97.2 Å². The molecule has 0 atom stereocenters. The Morgan fingerprint density at radius 1 is 1.45 bits per heavy atom. The predicted octanol–water partition coefficient (Wildman–Crippen LogP) is 1.36. The number of hydrogen-bond acceptors (Lipinski definition) is 5. The molecule has 1 amide bonds. The maximum atomic E-state index is 10.8. The molecule has 1 rings (SSSR count). The van der Waals surface area contributed by atoms with Gasteiger partial charge in [0.25, 0.3) is 0 Å². The molecule has 7 nitrogen and oxygen atoms in total. The first-order valence-electron chi connectivity index (χ1n) is 6.44. The zero-order valence-corrected chi connectivity index (χ0v) is 12.5. The number of nitrogens with one attached hydrogen (secondary N) is 1. The monoisotopic (exact) mass is 306 g/mol. The van der Waals surface area contributed by atoms with Crippen LogP contribution in [0.15, 0.2) is 29.9 Å². The highest BCUT2D eigenvalue weighted by molar-refractivity contribution is 5.83.